The molecule has 0 heterocycles. The maximum atomic E-state index is 14.3. The first-order valence-corrected chi connectivity index (χ1v) is 39.6. The predicted molar refractivity (Wildman–Crippen MR) is 461 cm³/mol. The van der Waals surface area contributed by atoms with E-state index in [1.807, 2.05) is 121 Å². The lowest BCUT2D eigenvalue weighted by Crippen LogP contribution is -2.14. The molecule has 0 amide bonds. The number of aromatic hydroxyl groups is 2. The molecular weight excluding hydrogens is 1530 g/mol. The van der Waals surface area contributed by atoms with Crippen molar-refractivity contribution in [1.82, 2.24) is 0 Å². The zero-order valence-electron chi connectivity index (χ0n) is 65.6. The highest BCUT2D eigenvalue weighted by Gasteiger charge is 2.30. The molecule has 15 aromatic carbocycles. The van der Waals surface area contributed by atoms with Crippen LogP contribution in [0.5, 0.6) is 46.0 Å². The Hall–Kier alpha value is -16.1. The molecule has 15 aromatic rings. The highest BCUT2D eigenvalue weighted by molar-refractivity contribution is 5.95. The molecule has 17 rings (SSSR count). The number of ether oxygens (including phenoxy) is 6. The van der Waals surface area contributed by atoms with E-state index in [2.05, 4.69) is 0 Å². The van der Waals surface area contributed by atoms with E-state index in [0.717, 1.165) is 0 Å². The number of azo groups is 2. The Morgan fingerprint density at radius 3 is 0.492 bits per heavy atom. The summed E-state index contributed by atoms with van der Waals surface area (Å²) in [6.45, 7) is 0. The van der Waals surface area contributed by atoms with E-state index in [-0.39, 0.29) is 97.4 Å². The van der Waals surface area contributed by atoms with Gasteiger partial charge in [0.2, 0.25) is 0 Å². The first-order chi connectivity index (χ1) is 59.7. The molecule has 2 aliphatic carbocycles. The summed E-state index contributed by atoms with van der Waals surface area (Å²) < 4.78 is 38.8. The first kappa shape index (κ1) is 78.4. The fraction of sp³-hybridized carbons (Fsp3) is 0.0769. The van der Waals surface area contributed by atoms with Gasteiger partial charge in [-0.1, -0.05) is 218 Å². The minimum absolute atomic E-state index is 0.00678. The Labute approximate surface area is 701 Å². The quantitative estimate of drug-likeness (QED) is 0.0519. The number of rotatable bonds is 16. The average Bonchev–Trinajstić information content (AvgIpc) is 0.783. The van der Waals surface area contributed by atoms with Crippen LogP contribution in [-0.4, -0.2) is 46.0 Å². The van der Waals surface area contributed by atoms with Crippen LogP contribution in [0.25, 0.3) is 0 Å². The fourth-order valence-electron chi connectivity index (χ4n) is 15.2. The number of hydrogen-bond acceptors (Lipinski definition) is 18. The van der Waals surface area contributed by atoms with Crippen molar-refractivity contribution >= 4 is 58.6 Å². The number of carbonyl (C=O) groups excluding carboxylic acids is 6. The Bertz CT molecular complexity index is 5890. The summed E-state index contributed by atoms with van der Waals surface area (Å²) in [4.78, 5) is 85.8. The molecule has 594 valence electrons. The van der Waals surface area contributed by atoms with E-state index in [9.17, 15) is 39.0 Å². The number of esters is 6. The van der Waals surface area contributed by atoms with Gasteiger partial charge in [-0.25, -0.2) is 28.8 Å². The Morgan fingerprint density at radius 2 is 0.328 bits per heavy atom. The van der Waals surface area contributed by atoms with Gasteiger partial charge in [-0.15, -0.1) is 0 Å². The lowest BCUT2D eigenvalue weighted by Gasteiger charge is -2.21. The summed E-state index contributed by atoms with van der Waals surface area (Å²) in [5.74, 6) is -2.37. The third-order valence-corrected chi connectivity index (χ3v) is 21.3. The molecule has 0 radical (unpaired) electrons. The third kappa shape index (κ3) is 17.9. The van der Waals surface area contributed by atoms with Crippen molar-refractivity contribution in [1.29, 1.82) is 0 Å². The van der Waals surface area contributed by atoms with Crippen molar-refractivity contribution in [2.75, 3.05) is 0 Å². The zero-order valence-corrected chi connectivity index (χ0v) is 65.6. The molecule has 16 bridgehead atoms. The molecule has 0 atom stereocenters. The molecule has 18 nitrogen and oxygen atoms in total. The molecule has 122 heavy (non-hydrogen) atoms. The topological polar surface area (TPSA) is 248 Å². The number of phenols is 2. The van der Waals surface area contributed by atoms with Gasteiger partial charge in [-0.05, 0) is 188 Å². The Balaban J connectivity index is 0.733. The van der Waals surface area contributed by atoms with Crippen LogP contribution in [0, 0.1) is 0 Å². The van der Waals surface area contributed by atoms with Gasteiger partial charge in [0.25, 0.3) is 0 Å². The normalized spacial score (nSPS) is 12.2. The van der Waals surface area contributed by atoms with Gasteiger partial charge in [0.05, 0.1) is 56.1 Å². The highest BCUT2D eigenvalue weighted by atomic mass is 16.6. The summed E-state index contributed by atoms with van der Waals surface area (Å²) >= 11 is 0. The maximum absolute atomic E-state index is 14.3. The van der Waals surface area contributed by atoms with Gasteiger partial charge < -0.3 is 38.6 Å². The molecule has 0 aliphatic heterocycles. The molecule has 0 saturated carbocycles. The van der Waals surface area contributed by atoms with E-state index in [1.165, 1.54) is 0 Å². The monoisotopic (exact) mass is 1600 g/mol. The Kier molecular flexibility index (Phi) is 23.0. The van der Waals surface area contributed by atoms with Crippen LogP contribution >= 0.6 is 0 Å². The van der Waals surface area contributed by atoms with Crippen molar-refractivity contribution < 1.29 is 67.4 Å². The average molecular weight is 1600 g/mol. The minimum atomic E-state index is -0.620. The number of carbonyl (C=O) groups is 6. The molecule has 0 unspecified atom stereocenters. The van der Waals surface area contributed by atoms with Crippen LogP contribution in [-0.2, 0) is 51.4 Å². The van der Waals surface area contributed by atoms with Crippen LogP contribution in [0.3, 0.4) is 0 Å². The second-order valence-corrected chi connectivity index (χ2v) is 29.5. The zero-order chi connectivity index (χ0) is 83.4. The number of hydrogen-bond donors (Lipinski definition) is 2. The third-order valence-electron chi connectivity index (χ3n) is 21.3. The molecule has 18 heteroatoms. The van der Waals surface area contributed by atoms with E-state index < -0.39 is 35.8 Å². The summed E-state index contributed by atoms with van der Waals surface area (Å²) in [5, 5.41) is 44.6. The van der Waals surface area contributed by atoms with Gasteiger partial charge >= 0.3 is 35.8 Å². The predicted octanol–water partition coefficient (Wildman–Crippen LogP) is 22.6. The van der Waals surface area contributed by atoms with Crippen molar-refractivity contribution in [3.8, 4) is 46.0 Å². The molecule has 0 spiro atoms. The van der Waals surface area contributed by atoms with E-state index >= 15 is 0 Å². The SMILES string of the molecule is O=C(Oc1c2cccc1Cc1cccc(c1OC(=O)c1ccccc1)Cc1cccc(c1OC(=O)c1ccccc1)Cc1cc(N=Nc3ccc(N=Nc4cc5c(O)c(c4)Cc4cccc(c4OC(=O)c4ccccc4)Cc4cccc(c4OC(=O)c4ccccc4)Cc4cccc(c4OC(=O)c4ccccc4)C5)cc3)cc(c1O)C2)c1ccccc1. The molecule has 2 aliphatic rings. The van der Waals surface area contributed by atoms with Crippen LogP contribution < -0.4 is 28.4 Å². The second kappa shape index (κ2) is 35.8. The van der Waals surface area contributed by atoms with Crippen LogP contribution in [0.2, 0.25) is 0 Å². The standard InChI is InChI=1S/C104H74N4O14/c109-91-83-57-79-45-21-41-75(95(79)119-101(113)67-29-11-3-12-30-67)53-71-37-19-38-72(93(71)117-99(111)65-25-7-1-8-26-65)54-76-42-22-46-80(96(76)120-102(114)68-31-13-4-14-32-68)58-84(91)62-89(61-83)107-105-87-49-51-88(52-50-87)106-108-90-63-85-59-81-47-23-43-77(97(81)121-103(115)69-33-15-5-16-34-69)55-73-39-20-40-74(94(73)118-100(112)66-27-9-2-10-28-66)56-78-44-24-48-82(60-86(64-90)92(85)110)98(78)122-104(116)70-35-17-6-18-36-70/h1-52,61-64,109-110H,53-60H2. The van der Waals surface area contributed by atoms with E-state index in [1.54, 1.807) is 218 Å². The lowest BCUT2D eigenvalue weighted by molar-refractivity contribution is 0.0719. The Morgan fingerprint density at radius 1 is 0.180 bits per heavy atom. The molecule has 0 saturated heterocycles. The van der Waals surface area contributed by atoms with Gasteiger partial charge in [0.15, 0.2) is 0 Å². The number of benzene rings is 15. The van der Waals surface area contributed by atoms with Crippen LogP contribution in [0.1, 0.15) is 151 Å². The largest absolute Gasteiger partial charge is 0.507 e. The summed E-state index contributed by atoms with van der Waals surface area (Å²) in [5.41, 5.74) is 11.7. The summed E-state index contributed by atoms with van der Waals surface area (Å²) in [6.07, 6.45) is 0.456. The molecule has 0 aromatic heterocycles. The van der Waals surface area contributed by atoms with Gasteiger partial charge in [0, 0.05) is 73.6 Å². The number of phenolic OH excluding ortho intramolecular Hbond substituents is 2. The van der Waals surface area contributed by atoms with Crippen molar-refractivity contribution in [3.63, 3.8) is 0 Å². The summed E-state index contributed by atoms with van der Waals surface area (Å²) in [6, 6.07) is 98.7. The number of para-hydroxylation sites is 6. The van der Waals surface area contributed by atoms with E-state index in [4.69, 9.17) is 48.9 Å². The van der Waals surface area contributed by atoms with Gasteiger partial charge in [-0.3, -0.25) is 0 Å². The number of nitrogens with zero attached hydrogens (tertiary/aromatic N) is 4. The van der Waals surface area contributed by atoms with Gasteiger partial charge in [-0.2, -0.15) is 20.5 Å². The van der Waals surface area contributed by atoms with Crippen molar-refractivity contribution in [3.05, 3.63) is 462 Å². The summed E-state index contributed by atoms with van der Waals surface area (Å²) in [7, 11) is 0. The van der Waals surface area contributed by atoms with E-state index in [0.29, 0.717) is 145 Å². The van der Waals surface area contributed by atoms with Crippen LogP contribution in [0.4, 0.5) is 22.7 Å². The smallest absolute Gasteiger partial charge is 0.343 e. The first-order valence-electron chi connectivity index (χ1n) is 39.6. The maximum Gasteiger partial charge on any atom is 0.343 e. The fourth-order valence-corrected chi connectivity index (χ4v) is 15.2. The van der Waals surface area contributed by atoms with Crippen molar-refractivity contribution in [2.24, 2.45) is 20.5 Å². The lowest BCUT2D eigenvalue weighted by atomic mass is 9.91. The molecular formula is C104H74N4O14. The molecule has 2 N–H and O–H groups in total. The van der Waals surface area contributed by atoms with Crippen molar-refractivity contribution in [2.45, 2.75) is 51.4 Å². The minimum Gasteiger partial charge on any atom is -0.507 e. The molecule has 0 fully saturated rings. The van der Waals surface area contributed by atoms with Crippen LogP contribution in [0.15, 0.2) is 360 Å². The second-order valence-electron chi connectivity index (χ2n) is 29.5. The van der Waals surface area contributed by atoms with Gasteiger partial charge in [0.1, 0.15) is 46.0 Å². The highest BCUT2D eigenvalue weighted by Crippen LogP contribution is 2.45. The number of fused-ring (bicyclic) bond motifs is 16.